The van der Waals surface area contributed by atoms with Gasteiger partial charge in [-0.3, -0.25) is 0 Å². The molecule has 3 heteroatoms. The van der Waals surface area contributed by atoms with E-state index in [0.717, 1.165) is 30.4 Å². The first-order chi connectivity index (χ1) is 17.6. The van der Waals surface area contributed by atoms with E-state index in [1.54, 1.807) is 12.1 Å². The van der Waals surface area contributed by atoms with Crippen molar-refractivity contribution in [3.05, 3.63) is 59.7 Å². The highest BCUT2D eigenvalue weighted by Crippen LogP contribution is 2.34. The first-order valence-electron chi connectivity index (χ1n) is 14.6. The van der Waals surface area contributed by atoms with Crippen molar-refractivity contribution < 1.29 is 14.3 Å². The quantitative estimate of drug-likeness (QED) is 0.141. The largest absolute Gasteiger partial charge is 0.493 e. The standard InChI is InChI=1S/C33H48O3/c1-4-6-7-8-9-10-27-11-13-28(14-12-27)15-16-29-17-21-32(22-18-29)36-33(34)30-19-23-31(24-20-30)35-25-26(3)5-2/h17-24,26-28H,4-16,25H2,1-3H3/t26-,27?,28?/m0/s1. The molecule has 198 valence electrons. The van der Waals surface area contributed by atoms with Gasteiger partial charge in [-0.25, -0.2) is 4.79 Å². The number of rotatable bonds is 15. The number of ether oxygens (including phenoxy) is 2. The van der Waals surface area contributed by atoms with E-state index in [-0.39, 0.29) is 5.97 Å². The topological polar surface area (TPSA) is 35.5 Å². The number of hydrogen-bond donors (Lipinski definition) is 0. The van der Waals surface area contributed by atoms with Gasteiger partial charge in [-0.1, -0.05) is 104 Å². The highest BCUT2D eigenvalue weighted by Gasteiger charge is 2.20. The number of carbonyl (C=O) groups is 1. The average Bonchev–Trinajstić information content (AvgIpc) is 2.92. The molecule has 1 fully saturated rings. The van der Waals surface area contributed by atoms with Crippen molar-refractivity contribution >= 4 is 5.97 Å². The van der Waals surface area contributed by atoms with Crippen molar-refractivity contribution in [1.82, 2.24) is 0 Å². The number of hydrogen-bond acceptors (Lipinski definition) is 3. The monoisotopic (exact) mass is 492 g/mol. The summed E-state index contributed by atoms with van der Waals surface area (Å²) in [5.41, 5.74) is 1.86. The lowest BCUT2D eigenvalue weighted by atomic mass is 9.78. The van der Waals surface area contributed by atoms with Crippen molar-refractivity contribution in [2.45, 2.75) is 104 Å². The number of aryl methyl sites for hydroxylation is 1. The van der Waals surface area contributed by atoms with Crippen LogP contribution in [0.15, 0.2) is 48.5 Å². The van der Waals surface area contributed by atoms with E-state index >= 15 is 0 Å². The van der Waals surface area contributed by atoms with Crippen LogP contribution >= 0.6 is 0 Å². The Morgan fingerprint density at radius 2 is 1.42 bits per heavy atom. The normalized spacial score (nSPS) is 18.5. The summed E-state index contributed by atoms with van der Waals surface area (Å²) in [6.45, 7) is 7.30. The van der Waals surface area contributed by atoms with Crippen molar-refractivity contribution in [2.75, 3.05) is 6.61 Å². The maximum atomic E-state index is 12.5. The third kappa shape index (κ3) is 9.99. The predicted molar refractivity (Wildman–Crippen MR) is 150 cm³/mol. The van der Waals surface area contributed by atoms with E-state index in [2.05, 4.69) is 32.9 Å². The minimum atomic E-state index is -0.335. The summed E-state index contributed by atoms with van der Waals surface area (Å²) < 4.78 is 11.4. The first-order valence-corrected chi connectivity index (χ1v) is 14.6. The van der Waals surface area contributed by atoms with Crippen LogP contribution < -0.4 is 9.47 Å². The minimum absolute atomic E-state index is 0.335. The molecule has 0 amide bonds. The Morgan fingerprint density at radius 1 is 0.806 bits per heavy atom. The molecule has 2 aromatic carbocycles. The van der Waals surface area contributed by atoms with Crippen LogP contribution in [0.2, 0.25) is 0 Å². The Labute approximate surface area is 220 Å². The fraction of sp³-hybridized carbons (Fsp3) is 0.606. The highest BCUT2D eigenvalue weighted by molar-refractivity contribution is 5.91. The van der Waals surface area contributed by atoms with E-state index in [1.165, 1.54) is 76.2 Å². The molecule has 3 nitrogen and oxygen atoms in total. The number of carbonyl (C=O) groups excluding carboxylic acids is 1. The molecule has 1 saturated carbocycles. The fourth-order valence-electron chi connectivity index (χ4n) is 5.15. The molecule has 0 aliphatic heterocycles. The van der Waals surface area contributed by atoms with Crippen LogP contribution in [0, 0.1) is 17.8 Å². The molecule has 0 saturated heterocycles. The van der Waals surface area contributed by atoms with E-state index in [1.807, 2.05) is 24.3 Å². The van der Waals surface area contributed by atoms with Gasteiger partial charge in [-0.05, 0) is 72.6 Å². The van der Waals surface area contributed by atoms with Crippen LogP contribution in [0.3, 0.4) is 0 Å². The molecular formula is C33H48O3. The summed E-state index contributed by atoms with van der Waals surface area (Å²) in [7, 11) is 0. The third-order valence-corrected chi connectivity index (χ3v) is 7.98. The smallest absolute Gasteiger partial charge is 0.343 e. The summed E-state index contributed by atoms with van der Waals surface area (Å²) in [6.07, 6.45) is 17.6. The maximum Gasteiger partial charge on any atom is 0.343 e. The Kier molecular flexibility index (Phi) is 12.4. The minimum Gasteiger partial charge on any atom is -0.493 e. The molecule has 1 aliphatic carbocycles. The molecule has 36 heavy (non-hydrogen) atoms. The second-order valence-electron chi connectivity index (χ2n) is 11.0. The number of esters is 1. The zero-order valence-electron chi connectivity index (χ0n) is 23.0. The summed E-state index contributed by atoms with van der Waals surface area (Å²) in [5.74, 6) is 3.41. The van der Waals surface area contributed by atoms with Crippen LogP contribution in [0.25, 0.3) is 0 Å². The molecule has 0 radical (unpaired) electrons. The van der Waals surface area contributed by atoms with Crippen LogP contribution in [-0.2, 0) is 6.42 Å². The van der Waals surface area contributed by atoms with Gasteiger partial charge in [-0.2, -0.15) is 0 Å². The van der Waals surface area contributed by atoms with Crippen LogP contribution in [0.5, 0.6) is 11.5 Å². The SMILES string of the molecule is CCCCCCCC1CCC(CCc2ccc(OC(=O)c3ccc(OC[C@@H](C)CC)cc3)cc2)CC1. The van der Waals surface area contributed by atoms with Crippen molar-refractivity contribution in [3.63, 3.8) is 0 Å². The van der Waals surface area contributed by atoms with Gasteiger partial charge in [0.25, 0.3) is 0 Å². The van der Waals surface area contributed by atoms with E-state index in [4.69, 9.17) is 9.47 Å². The molecule has 0 heterocycles. The molecule has 2 aromatic rings. The van der Waals surface area contributed by atoms with Gasteiger partial charge in [0.05, 0.1) is 12.2 Å². The molecule has 1 aliphatic rings. The molecule has 0 aromatic heterocycles. The summed E-state index contributed by atoms with van der Waals surface area (Å²) in [4.78, 5) is 12.5. The molecule has 0 unspecified atom stereocenters. The molecular weight excluding hydrogens is 444 g/mol. The summed E-state index contributed by atoms with van der Waals surface area (Å²) >= 11 is 0. The van der Waals surface area contributed by atoms with Gasteiger partial charge in [0.2, 0.25) is 0 Å². The molecule has 0 spiro atoms. The number of unbranched alkanes of at least 4 members (excludes halogenated alkanes) is 4. The number of benzene rings is 2. The average molecular weight is 493 g/mol. The van der Waals surface area contributed by atoms with Gasteiger partial charge in [-0.15, -0.1) is 0 Å². The van der Waals surface area contributed by atoms with Gasteiger partial charge < -0.3 is 9.47 Å². The Balaban J connectivity index is 1.34. The molecule has 1 atom stereocenters. The van der Waals surface area contributed by atoms with Gasteiger partial charge in [0.1, 0.15) is 11.5 Å². The second kappa shape index (κ2) is 15.7. The van der Waals surface area contributed by atoms with Gasteiger partial charge >= 0.3 is 5.97 Å². The molecule has 0 bridgehead atoms. The lowest BCUT2D eigenvalue weighted by Crippen LogP contribution is -2.15. The van der Waals surface area contributed by atoms with Crippen LogP contribution in [-0.4, -0.2) is 12.6 Å². The van der Waals surface area contributed by atoms with Crippen molar-refractivity contribution in [1.29, 1.82) is 0 Å². The zero-order valence-corrected chi connectivity index (χ0v) is 23.0. The summed E-state index contributed by atoms with van der Waals surface area (Å²) in [6, 6.07) is 15.3. The van der Waals surface area contributed by atoms with Crippen LogP contribution in [0.4, 0.5) is 0 Å². The van der Waals surface area contributed by atoms with E-state index < -0.39 is 0 Å². The van der Waals surface area contributed by atoms with Crippen molar-refractivity contribution in [3.8, 4) is 11.5 Å². The third-order valence-electron chi connectivity index (χ3n) is 7.98. The predicted octanol–water partition coefficient (Wildman–Crippen LogP) is 9.43. The lowest BCUT2D eigenvalue weighted by molar-refractivity contribution is 0.0734. The highest BCUT2D eigenvalue weighted by atomic mass is 16.5. The Hall–Kier alpha value is -2.29. The molecule has 0 N–H and O–H groups in total. The van der Waals surface area contributed by atoms with Crippen molar-refractivity contribution in [2.24, 2.45) is 17.8 Å². The van der Waals surface area contributed by atoms with E-state index in [0.29, 0.717) is 23.8 Å². The lowest BCUT2D eigenvalue weighted by Gasteiger charge is -2.28. The maximum absolute atomic E-state index is 12.5. The van der Waals surface area contributed by atoms with Gasteiger partial charge in [0.15, 0.2) is 0 Å². The Bertz CT molecular complexity index is 863. The molecule has 3 rings (SSSR count). The first kappa shape index (κ1) is 28.3. The Morgan fingerprint density at radius 3 is 2.06 bits per heavy atom. The summed E-state index contributed by atoms with van der Waals surface area (Å²) in [5, 5.41) is 0. The van der Waals surface area contributed by atoms with Crippen LogP contribution in [0.1, 0.15) is 114 Å². The zero-order chi connectivity index (χ0) is 25.6. The van der Waals surface area contributed by atoms with E-state index in [9.17, 15) is 4.79 Å². The second-order valence-corrected chi connectivity index (χ2v) is 11.0. The van der Waals surface area contributed by atoms with Gasteiger partial charge in [0, 0.05) is 0 Å². The fourth-order valence-corrected chi connectivity index (χ4v) is 5.15.